The summed E-state index contributed by atoms with van der Waals surface area (Å²) in [6.45, 7) is 3.77. The monoisotopic (exact) mass is 366 g/mol. The van der Waals surface area contributed by atoms with E-state index in [1.54, 1.807) is 44.4 Å². The van der Waals surface area contributed by atoms with Crippen LogP contribution in [0.2, 0.25) is 0 Å². The molecule has 0 atom stereocenters. The fourth-order valence-electron chi connectivity index (χ4n) is 2.25. The van der Waals surface area contributed by atoms with Gasteiger partial charge in [0, 0.05) is 31.5 Å². The minimum absolute atomic E-state index is 0.140. The summed E-state index contributed by atoms with van der Waals surface area (Å²) >= 11 is 0. The first-order chi connectivity index (χ1) is 12.8. The maximum Gasteiger partial charge on any atom is 0.420 e. The Kier molecular flexibility index (Phi) is 6.39. The quantitative estimate of drug-likeness (QED) is 0.831. The molecule has 0 aromatic heterocycles. The number of aryl methyl sites for hydroxylation is 2. The highest BCUT2D eigenvalue weighted by molar-refractivity contribution is 5.91. The van der Waals surface area contributed by atoms with E-state index in [1.807, 2.05) is 32.0 Å². The number of nitrogens with one attached hydrogen (secondary N) is 1. The molecule has 0 aliphatic carbocycles. The molecule has 0 fully saturated rings. The summed E-state index contributed by atoms with van der Waals surface area (Å²) < 4.78 is 5.41. The van der Waals surface area contributed by atoms with Crippen LogP contribution >= 0.6 is 0 Å². The third-order valence-electron chi connectivity index (χ3n) is 3.95. The van der Waals surface area contributed by atoms with Crippen LogP contribution in [0.5, 0.6) is 5.75 Å². The van der Waals surface area contributed by atoms with E-state index < -0.39 is 6.09 Å². The van der Waals surface area contributed by atoms with Crippen LogP contribution in [0.25, 0.3) is 0 Å². The molecule has 140 valence electrons. The van der Waals surface area contributed by atoms with Crippen molar-refractivity contribution in [2.75, 3.05) is 30.9 Å². The average Bonchev–Trinajstić information content (AvgIpc) is 2.62. The zero-order valence-corrected chi connectivity index (χ0v) is 15.8. The Bertz CT molecular complexity index is 887. The molecule has 0 heterocycles. The molecule has 0 radical (unpaired) electrons. The molecular formula is C20H22N4O3. The van der Waals surface area contributed by atoms with Crippen molar-refractivity contribution in [2.45, 2.75) is 13.8 Å². The average molecular weight is 366 g/mol. The molecule has 2 aromatic rings. The maximum absolute atomic E-state index is 12.6. The highest BCUT2D eigenvalue weighted by Crippen LogP contribution is 2.22. The molecule has 0 unspecified atom stereocenters. The zero-order chi connectivity index (χ0) is 20.0. The number of carbonyl (C=O) groups is 2. The van der Waals surface area contributed by atoms with E-state index in [-0.39, 0.29) is 18.3 Å². The molecule has 0 bridgehead atoms. The number of nitrogens with zero attached hydrogens (tertiary/aromatic N) is 3. The van der Waals surface area contributed by atoms with Gasteiger partial charge in [-0.1, -0.05) is 12.1 Å². The van der Waals surface area contributed by atoms with Crippen LogP contribution in [0.3, 0.4) is 0 Å². The largest absolute Gasteiger partial charge is 0.420 e. The normalized spacial score (nSPS) is 9.89. The van der Waals surface area contributed by atoms with Crippen LogP contribution in [0.4, 0.5) is 21.0 Å². The Morgan fingerprint density at radius 1 is 1.11 bits per heavy atom. The van der Waals surface area contributed by atoms with Gasteiger partial charge in [-0.25, -0.2) is 9.59 Å². The van der Waals surface area contributed by atoms with Crippen molar-refractivity contribution < 1.29 is 14.3 Å². The molecule has 3 amide bonds. The fourth-order valence-corrected chi connectivity index (χ4v) is 2.25. The molecule has 27 heavy (non-hydrogen) atoms. The number of ether oxygens (including phenoxy) is 1. The first kappa shape index (κ1) is 19.8. The van der Waals surface area contributed by atoms with Crippen molar-refractivity contribution in [3.05, 3.63) is 53.6 Å². The number of anilines is 2. The van der Waals surface area contributed by atoms with E-state index in [4.69, 9.17) is 10.00 Å². The second-order valence-corrected chi connectivity index (χ2v) is 6.23. The molecule has 0 saturated heterocycles. The summed E-state index contributed by atoms with van der Waals surface area (Å²) in [5.74, 6) is 0.267. The number of hydrogen-bond acceptors (Lipinski definition) is 4. The lowest BCUT2D eigenvalue weighted by atomic mass is 10.1. The summed E-state index contributed by atoms with van der Waals surface area (Å²) in [5, 5.41) is 11.8. The topological polar surface area (TPSA) is 85.7 Å². The minimum atomic E-state index is -0.670. The van der Waals surface area contributed by atoms with Gasteiger partial charge < -0.3 is 15.0 Å². The van der Waals surface area contributed by atoms with Crippen LogP contribution in [-0.4, -0.2) is 37.7 Å². The Balaban J connectivity index is 2.19. The molecule has 0 aliphatic rings. The predicted molar refractivity (Wildman–Crippen MR) is 104 cm³/mol. The van der Waals surface area contributed by atoms with Crippen molar-refractivity contribution in [3.8, 4) is 11.8 Å². The second kappa shape index (κ2) is 8.72. The first-order valence-electron chi connectivity index (χ1n) is 8.33. The van der Waals surface area contributed by atoms with Gasteiger partial charge in [0.25, 0.3) is 0 Å². The molecule has 7 nitrogen and oxygen atoms in total. The smallest absolute Gasteiger partial charge is 0.410 e. The van der Waals surface area contributed by atoms with Gasteiger partial charge >= 0.3 is 12.1 Å². The van der Waals surface area contributed by atoms with E-state index in [0.717, 1.165) is 11.1 Å². The van der Waals surface area contributed by atoms with E-state index in [1.165, 1.54) is 9.80 Å². The van der Waals surface area contributed by atoms with Gasteiger partial charge in [-0.2, -0.15) is 5.26 Å². The Hall–Kier alpha value is -3.53. The Morgan fingerprint density at radius 3 is 2.48 bits per heavy atom. The van der Waals surface area contributed by atoms with Crippen molar-refractivity contribution in [1.29, 1.82) is 5.26 Å². The van der Waals surface area contributed by atoms with Gasteiger partial charge in [-0.3, -0.25) is 4.90 Å². The number of benzene rings is 2. The maximum atomic E-state index is 12.6. The Morgan fingerprint density at radius 2 is 1.85 bits per heavy atom. The molecule has 0 aliphatic heterocycles. The standard InChI is InChI=1S/C20H22N4O3/c1-14-8-9-17(12-15(14)2)24(11-10-21)20(26)27-18-7-5-6-16(13-18)22-19(25)23(3)4/h5-9,12-13H,11H2,1-4H3,(H,22,25). The summed E-state index contributed by atoms with van der Waals surface area (Å²) in [5.41, 5.74) is 3.18. The second-order valence-electron chi connectivity index (χ2n) is 6.23. The molecule has 1 N–H and O–H groups in total. The molecule has 0 saturated carbocycles. The Labute approximate surface area is 158 Å². The van der Waals surface area contributed by atoms with E-state index >= 15 is 0 Å². The van der Waals surface area contributed by atoms with Crippen LogP contribution in [0, 0.1) is 25.2 Å². The van der Waals surface area contributed by atoms with Gasteiger partial charge in [0.05, 0.1) is 6.07 Å². The summed E-state index contributed by atoms with van der Waals surface area (Å²) in [6.07, 6.45) is -0.670. The van der Waals surface area contributed by atoms with Gasteiger partial charge in [-0.15, -0.1) is 0 Å². The van der Waals surface area contributed by atoms with Crippen molar-refractivity contribution in [1.82, 2.24) is 4.90 Å². The van der Waals surface area contributed by atoms with E-state index in [9.17, 15) is 9.59 Å². The van der Waals surface area contributed by atoms with Crippen LogP contribution in [0.15, 0.2) is 42.5 Å². The SMILES string of the molecule is Cc1ccc(N(CC#N)C(=O)Oc2cccc(NC(=O)N(C)C)c2)cc1C. The summed E-state index contributed by atoms with van der Waals surface area (Å²) in [7, 11) is 3.26. The molecule has 2 rings (SSSR count). The van der Waals surface area contributed by atoms with E-state index in [2.05, 4.69) is 5.32 Å². The van der Waals surface area contributed by atoms with Crippen LogP contribution in [0.1, 0.15) is 11.1 Å². The van der Waals surface area contributed by atoms with Crippen molar-refractivity contribution in [3.63, 3.8) is 0 Å². The van der Waals surface area contributed by atoms with Gasteiger partial charge in [0.2, 0.25) is 0 Å². The zero-order valence-electron chi connectivity index (χ0n) is 15.8. The molecular weight excluding hydrogens is 344 g/mol. The highest BCUT2D eigenvalue weighted by Gasteiger charge is 2.18. The molecule has 0 spiro atoms. The number of nitriles is 1. The van der Waals surface area contributed by atoms with Crippen molar-refractivity contribution >= 4 is 23.5 Å². The highest BCUT2D eigenvalue weighted by atomic mass is 16.6. The third kappa shape index (κ3) is 5.22. The lowest BCUT2D eigenvalue weighted by molar-refractivity contribution is 0.208. The number of urea groups is 1. The molecule has 2 aromatic carbocycles. The summed E-state index contributed by atoms with van der Waals surface area (Å²) in [6, 6.07) is 13.7. The van der Waals surface area contributed by atoms with Gasteiger partial charge in [0.15, 0.2) is 0 Å². The fraction of sp³-hybridized carbons (Fsp3) is 0.250. The predicted octanol–water partition coefficient (Wildman–Crippen LogP) is 3.93. The number of hydrogen-bond donors (Lipinski definition) is 1. The van der Waals surface area contributed by atoms with E-state index in [0.29, 0.717) is 11.4 Å². The number of rotatable bonds is 4. The molecule has 7 heteroatoms. The van der Waals surface area contributed by atoms with Gasteiger partial charge in [0.1, 0.15) is 12.3 Å². The lowest BCUT2D eigenvalue weighted by Gasteiger charge is -2.20. The van der Waals surface area contributed by atoms with Gasteiger partial charge in [-0.05, 0) is 49.2 Å². The lowest BCUT2D eigenvalue weighted by Crippen LogP contribution is -2.34. The van der Waals surface area contributed by atoms with Crippen molar-refractivity contribution in [2.24, 2.45) is 0 Å². The third-order valence-corrected chi connectivity index (χ3v) is 3.95. The minimum Gasteiger partial charge on any atom is -0.410 e. The number of carbonyl (C=O) groups excluding carboxylic acids is 2. The summed E-state index contributed by atoms with van der Waals surface area (Å²) in [4.78, 5) is 27.0. The number of amides is 3. The van der Waals surface area contributed by atoms with Crippen LogP contribution in [-0.2, 0) is 0 Å². The van der Waals surface area contributed by atoms with Crippen LogP contribution < -0.4 is 15.0 Å². The first-order valence-corrected chi connectivity index (χ1v) is 8.33.